The maximum atomic E-state index is 13.6. The van der Waals surface area contributed by atoms with Crippen LogP contribution in [0.5, 0.6) is 11.5 Å². The van der Waals surface area contributed by atoms with Crippen molar-refractivity contribution in [2.24, 2.45) is 0 Å². The van der Waals surface area contributed by atoms with Gasteiger partial charge in [0.2, 0.25) is 0 Å². The molecule has 4 aromatic rings. The summed E-state index contributed by atoms with van der Waals surface area (Å²) in [6.45, 7) is 1.82. The summed E-state index contributed by atoms with van der Waals surface area (Å²) in [6.07, 6.45) is 1.71. The molecule has 8 nitrogen and oxygen atoms in total. The lowest BCUT2D eigenvalue weighted by Gasteiger charge is -2.60. The van der Waals surface area contributed by atoms with Gasteiger partial charge in [0.15, 0.2) is 12.4 Å². The molecular formula is C32H31F3N4O4. The van der Waals surface area contributed by atoms with Crippen LogP contribution in [0.15, 0.2) is 48.7 Å². The van der Waals surface area contributed by atoms with Crippen molar-refractivity contribution in [3.63, 3.8) is 0 Å². The molecule has 0 atom stereocenters. The number of rotatable bonds is 9. The van der Waals surface area contributed by atoms with Crippen molar-refractivity contribution in [2.45, 2.75) is 63.0 Å². The summed E-state index contributed by atoms with van der Waals surface area (Å²) in [5, 5.41) is 19.6. The highest BCUT2D eigenvalue weighted by molar-refractivity contribution is 5.87. The molecule has 3 saturated carbocycles. The summed E-state index contributed by atoms with van der Waals surface area (Å²) in [5.41, 5.74) is 1.71. The minimum absolute atomic E-state index is 0.0237. The molecule has 0 spiro atoms. The average molecular weight is 593 g/mol. The van der Waals surface area contributed by atoms with Crippen LogP contribution in [0.3, 0.4) is 0 Å². The Hall–Kier alpha value is -4.14. The molecule has 3 fully saturated rings. The molecule has 43 heavy (non-hydrogen) atoms. The lowest BCUT2D eigenvalue weighted by atomic mass is 9.56. The molecule has 3 aliphatic rings. The van der Waals surface area contributed by atoms with Crippen LogP contribution in [0.4, 0.5) is 13.2 Å². The fourth-order valence-corrected chi connectivity index (χ4v) is 6.74. The Morgan fingerprint density at radius 2 is 1.81 bits per heavy atom. The van der Waals surface area contributed by atoms with Crippen LogP contribution in [0.25, 0.3) is 22.3 Å². The predicted molar refractivity (Wildman–Crippen MR) is 151 cm³/mol. The van der Waals surface area contributed by atoms with Gasteiger partial charge in [-0.3, -0.25) is 0 Å². The molecule has 0 saturated heterocycles. The smallest absolute Gasteiger partial charge is 0.416 e. The molecule has 2 aromatic heterocycles. The van der Waals surface area contributed by atoms with E-state index >= 15 is 0 Å². The highest BCUT2D eigenvalue weighted by atomic mass is 19.4. The van der Waals surface area contributed by atoms with Crippen molar-refractivity contribution < 1.29 is 32.1 Å². The first-order chi connectivity index (χ1) is 20.6. The Labute approximate surface area is 246 Å². The fraction of sp³-hybridized carbons (Fsp3) is 0.406. The Morgan fingerprint density at radius 3 is 2.49 bits per heavy atom. The zero-order valence-corrected chi connectivity index (χ0v) is 24.1. The van der Waals surface area contributed by atoms with Gasteiger partial charge in [-0.05, 0) is 67.6 Å². The number of hydrogen-bond donors (Lipinski definition) is 0. The Bertz CT molecular complexity index is 1700. The minimum atomic E-state index is -4.55. The number of alkyl halides is 3. The van der Waals surface area contributed by atoms with Gasteiger partial charge in [0.05, 0.1) is 41.7 Å². The molecule has 0 amide bonds. The summed E-state index contributed by atoms with van der Waals surface area (Å²) >= 11 is 0. The maximum absolute atomic E-state index is 13.6. The zero-order chi connectivity index (χ0) is 30.4. The number of aromatic nitrogens is 3. The van der Waals surface area contributed by atoms with Crippen LogP contribution in [-0.4, -0.2) is 41.4 Å². The van der Waals surface area contributed by atoms with Crippen LogP contribution < -0.4 is 9.47 Å². The van der Waals surface area contributed by atoms with Crippen LogP contribution in [0.2, 0.25) is 0 Å². The highest BCUT2D eigenvalue weighted by Crippen LogP contribution is 2.59. The monoisotopic (exact) mass is 592 g/mol. The summed E-state index contributed by atoms with van der Waals surface area (Å²) < 4.78 is 65.0. The van der Waals surface area contributed by atoms with E-state index in [0.717, 1.165) is 55.5 Å². The number of ether oxygens (including phenoxy) is 4. The van der Waals surface area contributed by atoms with Crippen LogP contribution >= 0.6 is 0 Å². The van der Waals surface area contributed by atoms with Gasteiger partial charge >= 0.3 is 6.18 Å². The Morgan fingerprint density at radius 1 is 1.05 bits per heavy atom. The third-order valence-electron chi connectivity index (χ3n) is 8.68. The van der Waals surface area contributed by atoms with Gasteiger partial charge in [0.25, 0.3) is 0 Å². The van der Waals surface area contributed by atoms with Gasteiger partial charge in [-0.25, -0.2) is 0 Å². The van der Waals surface area contributed by atoms with Crippen molar-refractivity contribution in [3.05, 3.63) is 70.9 Å². The number of nitrogens with zero attached hydrogens (tertiary/aromatic N) is 4. The lowest BCUT2D eigenvalue weighted by Crippen LogP contribution is -2.62. The Balaban J connectivity index is 1.32. The van der Waals surface area contributed by atoms with E-state index in [1.54, 1.807) is 20.1 Å². The number of fused-ring (bicyclic) bond motifs is 3. The van der Waals surface area contributed by atoms with Crippen molar-refractivity contribution >= 4 is 11.0 Å². The zero-order valence-electron chi connectivity index (χ0n) is 24.1. The van der Waals surface area contributed by atoms with Crippen LogP contribution in [-0.2, 0) is 27.8 Å². The van der Waals surface area contributed by atoms with Crippen molar-refractivity contribution in [1.29, 1.82) is 5.26 Å². The molecule has 2 heterocycles. The van der Waals surface area contributed by atoms with Crippen molar-refractivity contribution in [2.75, 3.05) is 21.0 Å². The normalized spacial score (nSPS) is 21.3. The second-order valence-corrected chi connectivity index (χ2v) is 11.5. The van der Waals surface area contributed by atoms with Gasteiger partial charge < -0.3 is 23.5 Å². The molecule has 0 N–H and O–H groups in total. The molecule has 0 radical (unpaired) electrons. The first-order valence-corrected chi connectivity index (χ1v) is 14.0. The first-order valence-electron chi connectivity index (χ1n) is 14.0. The number of benzene rings is 2. The predicted octanol–water partition coefficient (Wildman–Crippen LogP) is 6.92. The summed E-state index contributed by atoms with van der Waals surface area (Å²) in [6, 6.07) is 13.8. The number of methoxy groups -OCH3 is 2. The largest absolute Gasteiger partial charge is 0.497 e. The van der Waals surface area contributed by atoms with E-state index in [1.807, 2.05) is 30.5 Å². The van der Waals surface area contributed by atoms with E-state index in [-0.39, 0.29) is 23.7 Å². The fourth-order valence-electron chi connectivity index (χ4n) is 6.74. The van der Waals surface area contributed by atoms with Gasteiger partial charge in [0, 0.05) is 37.1 Å². The van der Waals surface area contributed by atoms with Gasteiger partial charge in [-0.1, -0.05) is 12.1 Å². The number of hydrogen-bond acceptors (Lipinski definition) is 7. The van der Waals surface area contributed by atoms with E-state index < -0.39 is 11.7 Å². The number of halogens is 3. The number of nitriles is 1. The summed E-state index contributed by atoms with van der Waals surface area (Å²) in [4.78, 5) is 0. The molecular weight excluding hydrogens is 561 g/mol. The van der Waals surface area contributed by atoms with E-state index in [4.69, 9.17) is 18.9 Å². The SMILES string of the molecule is COCOc1cc(C(F)(F)F)cc(C)c1-c1cc2c(C#N)cn(C34CCCC(OCc5ccc(OC)cc5)(C3)C4)c2nn1. The quantitative estimate of drug-likeness (QED) is 0.195. The average Bonchev–Trinajstić information content (AvgIpc) is 3.37. The molecule has 2 aromatic carbocycles. The van der Waals surface area contributed by atoms with Crippen LogP contribution in [0, 0.1) is 18.3 Å². The second-order valence-electron chi connectivity index (χ2n) is 11.5. The molecule has 2 bridgehead atoms. The van der Waals surface area contributed by atoms with Crippen molar-refractivity contribution in [1.82, 2.24) is 14.8 Å². The molecule has 0 unspecified atom stereocenters. The first kappa shape index (κ1) is 29.0. The lowest BCUT2D eigenvalue weighted by molar-refractivity contribution is -0.197. The molecule has 3 aliphatic carbocycles. The van der Waals surface area contributed by atoms with E-state index in [1.165, 1.54) is 7.11 Å². The third-order valence-corrected chi connectivity index (χ3v) is 8.68. The molecule has 224 valence electrons. The highest BCUT2D eigenvalue weighted by Gasteiger charge is 2.59. The van der Waals surface area contributed by atoms with E-state index in [2.05, 4.69) is 20.8 Å². The maximum Gasteiger partial charge on any atom is 0.416 e. The van der Waals surface area contributed by atoms with E-state index in [0.29, 0.717) is 40.0 Å². The molecule has 0 aliphatic heterocycles. The second kappa shape index (κ2) is 10.8. The summed E-state index contributed by atoms with van der Waals surface area (Å²) in [5.74, 6) is 0.774. The third kappa shape index (κ3) is 5.19. The summed E-state index contributed by atoms with van der Waals surface area (Å²) in [7, 11) is 3.02. The standard InChI is InChI=1S/C32H31F3N4O4/c1-20-11-23(32(33,34)35)12-27(42-19-40-2)28(20)26-13-25-22(14-36)15-39(29(25)38-37-26)30-9-4-10-31(17-30,18-30)43-16-21-5-7-24(41-3)8-6-21/h5-8,11-13,15H,4,9-10,16-19H2,1-3H3. The van der Waals surface area contributed by atoms with Gasteiger partial charge in [0.1, 0.15) is 17.6 Å². The molecule has 7 rings (SSSR count). The van der Waals surface area contributed by atoms with Crippen LogP contribution in [0.1, 0.15) is 54.4 Å². The Kier molecular flexibility index (Phi) is 7.30. The van der Waals surface area contributed by atoms with Gasteiger partial charge in [-0.15, -0.1) is 10.2 Å². The van der Waals surface area contributed by atoms with Crippen molar-refractivity contribution in [3.8, 4) is 28.8 Å². The minimum Gasteiger partial charge on any atom is -0.497 e. The molecule has 11 heteroatoms. The van der Waals surface area contributed by atoms with E-state index in [9.17, 15) is 18.4 Å². The topological polar surface area (TPSA) is 91.4 Å². The van der Waals surface area contributed by atoms with Gasteiger partial charge in [-0.2, -0.15) is 18.4 Å². The number of aryl methyl sites for hydroxylation is 1.